The van der Waals surface area contributed by atoms with Gasteiger partial charge in [-0.1, -0.05) is 0 Å². The molecule has 4 nitrogen and oxygen atoms in total. The van der Waals surface area contributed by atoms with Crippen LogP contribution < -0.4 is 5.56 Å². The fourth-order valence-electron chi connectivity index (χ4n) is 1.53. The summed E-state index contributed by atoms with van der Waals surface area (Å²) in [6.07, 6.45) is 3.52. The molecule has 0 atom stereocenters. The number of ketones is 1. The Morgan fingerprint density at radius 1 is 1.44 bits per heavy atom. The van der Waals surface area contributed by atoms with E-state index in [1.165, 1.54) is 13.0 Å². The normalized spacial score (nSPS) is 10.8. The summed E-state index contributed by atoms with van der Waals surface area (Å²) in [5.41, 5.74) is 1.64. The smallest absolute Gasteiger partial charge is 0.248 e. The molecular weight excluding hydrogens is 204 g/mol. The van der Waals surface area contributed by atoms with Crippen LogP contribution in [0.2, 0.25) is 0 Å². The van der Waals surface area contributed by atoms with E-state index in [0.29, 0.717) is 16.8 Å². The average Bonchev–Trinajstić information content (AvgIpc) is 2.12. The molecule has 4 heteroatoms. The number of Topliss-reactive ketones (excluding diaryl/α,β-unsaturated/α-hetero) is 1. The highest BCUT2D eigenvalue weighted by Gasteiger charge is 2.09. The number of H-pyrrole nitrogens is 1. The van der Waals surface area contributed by atoms with Gasteiger partial charge in [0.05, 0.1) is 5.69 Å². The van der Waals surface area contributed by atoms with E-state index in [9.17, 15) is 9.59 Å². The summed E-state index contributed by atoms with van der Waals surface area (Å²) in [6, 6.07) is 1.43. The number of hydrogen-bond acceptors (Lipinski definition) is 3. The molecule has 1 rings (SSSR count). The van der Waals surface area contributed by atoms with Crippen molar-refractivity contribution in [3.8, 4) is 0 Å². The van der Waals surface area contributed by atoms with Gasteiger partial charge in [-0.15, -0.1) is 0 Å². The number of carbonyl (C=O) groups is 1. The summed E-state index contributed by atoms with van der Waals surface area (Å²) in [7, 11) is 3.75. The van der Waals surface area contributed by atoms with E-state index in [1.54, 1.807) is 19.2 Å². The van der Waals surface area contributed by atoms with Gasteiger partial charge in [0.15, 0.2) is 5.78 Å². The monoisotopic (exact) mass is 220 g/mol. The second kappa shape index (κ2) is 4.79. The molecule has 86 valence electrons. The lowest BCUT2D eigenvalue weighted by atomic mass is 10.0. The van der Waals surface area contributed by atoms with Gasteiger partial charge in [-0.25, -0.2) is 0 Å². The maximum Gasteiger partial charge on any atom is 0.248 e. The maximum absolute atomic E-state index is 11.5. The van der Waals surface area contributed by atoms with Crippen LogP contribution in [0.1, 0.15) is 28.5 Å². The zero-order valence-electron chi connectivity index (χ0n) is 10.00. The van der Waals surface area contributed by atoms with Gasteiger partial charge in [-0.05, 0) is 25.5 Å². The molecule has 0 unspecified atom stereocenters. The van der Waals surface area contributed by atoms with Gasteiger partial charge in [0.25, 0.3) is 0 Å². The summed E-state index contributed by atoms with van der Waals surface area (Å²) < 4.78 is 0. The van der Waals surface area contributed by atoms with Crippen LogP contribution in [0.4, 0.5) is 0 Å². The molecule has 0 spiro atoms. The third-order valence-electron chi connectivity index (χ3n) is 2.16. The molecule has 1 heterocycles. The molecule has 1 aromatic rings. The quantitative estimate of drug-likeness (QED) is 0.784. The number of rotatable bonds is 3. The Kier molecular flexibility index (Phi) is 3.66. The summed E-state index contributed by atoms with van der Waals surface area (Å²) in [5.74, 6) is -0.0489. The predicted molar refractivity (Wildman–Crippen MR) is 64.5 cm³/mol. The number of aryl methyl sites for hydroxylation is 1. The Morgan fingerprint density at radius 2 is 2.06 bits per heavy atom. The highest BCUT2D eigenvalue weighted by Crippen LogP contribution is 2.12. The first kappa shape index (κ1) is 12.2. The zero-order valence-corrected chi connectivity index (χ0v) is 10.00. The van der Waals surface area contributed by atoms with Crippen molar-refractivity contribution in [1.82, 2.24) is 9.88 Å². The molecule has 0 fully saturated rings. The molecule has 1 aromatic heterocycles. The van der Waals surface area contributed by atoms with Crippen molar-refractivity contribution in [3.63, 3.8) is 0 Å². The van der Waals surface area contributed by atoms with Gasteiger partial charge in [-0.2, -0.15) is 0 Å². The molecule has 0 saturated carbocycles. The van der Waals surface area contributed by atoms with Crippen molar-refractivity contribution >= 4 is 11.9 Å². The first-order valence-electron chi connectivity index (χ1n) is 5.01. The van der Waals surface area contributed by atoms with Crippen molar-refractivity contribution in [3.05, 3.63) is 39.4 Å². The molecule has 16 heavy (non-hydrogen) atoms. The van der Waals surface area contributed by atoms with E-state index in [-0.39, 0.29) is 11.3 Å². The highest BCUT2D eigenvalue weighted by molar-refractivity contribution is 5.98. The Morgan fingerprint density at radius 3 is 2.56 bits per heavy atom. The van der Waals surface area contributed by atoms with Crippen LogP contribution in [-0.2, 0) is 0 Å². The molecule has 0 amide bonds. The van der Waals surface area contributed by atoms with E-state index < -0.39 is 0 Å². The van der Waals surface area contributed by atoms with Gasteiger partial charge >= 0.3 is 0 Å². The number of pyridine rings is 1. The molecule has 0 saturated heterocycles. The third-order valence-corrected chi connectivity index (χ3v) is 2.16. The van der Waals surface area contributed by atoms with Gasteiger partial charge in [0.1, 0.15) is 0 Å². The Hall–Kier alpha value is -1.84. The highest BCUT2D eigenvalue weighted by atomic mass is 16.1. The van der Waals surface area contributed by atoms with E-state index in [0.717, 1.165) is 0 Å². The van der Waals surface area contributed by atoms with E-state index in [1.807, 2.05) is 19.0 Å². The summed E-state index contributed by atoms with van der Waals surface area (Å²) in [6.45, 7) is 3.26. The van der Waals surface area contributed by atoms with Crippen LogP contribution in [0.3, 0.4) is 0 Å². The molecule has 0 bridgehead atoms. The number of aromatic nitrogens is 1. The van der Waals surface area contributed by atoms with Crippen LogP contribution >= 0.6 is 0 Å². The first-order valence-corrected chi connectivity index (χ1v) is 5.01. The zero-order chi connectivity index (χ0) is 12.3. The average molecular weight is 220 g/mol. The number of nitrogens with one attached hydrogen (secondary N) is 1. The fraction of sp³-hybridized carbons (Fsp3) is 0.333. The van der Waals surface area contributed by atoms with Gasteiger partial charge in [0, 0.05) is 31.9 Å². The van der Waals surface area contributed by atoms with Crippen molar-refractivity contribution in [2.75, 3.05) is 14.1 Å². The van der Waals surface area contributed by atoms with Crippen LogP contribution in [0, 0.1) is 6.92 Å². The van der Waals surface area contributed by atoms with E-state index in [2.05, 4.69) is 4.98 Å². The second-order valence-electron chi connectivity index (χ2n) is 3.94. The topological polar surface area (TPSA) is 53.2 Å². The molecule has 0 radical (unpaired) electrons. The standard InChI is InChI=1S/C12H16N2O2/c1-8-7-11(16)13-10(5-6-14(3)4)12(8)9(2)15/h5-7H,1-4H3,(H,13,16). The van der Waals surface area contributed by atoms with Crippen molar-refractivity contribution < 1.29 is 4.79 Å². The molecule has 0 aliphatic rings. The van der Waals surface area contributed by atoms with Gasteiger partial charge in [0.2, 0.25) is 5.56 Å². The summed E-state index contributed by atoms with van der Waals surface area (Å²) in [4.78, 5) is 27.3. The second-order valence-corrected chi connectivity index (χ2v) is 3.94. The van der Waals surface area contributed by atoms with Crippen molar-refractivity contribution in [2.45, 2.75) is 13.8 Å². The number of hydrogen-bond donors (Lipinski definition) is 1. The first-order chi connectivity index (χ1) is 7.41. The summed E-state index contributed by atoms with van der Waals surface area (Å²) in [5, 5.41) is 0. The molecular formula is C12H16N2O2. The molecule has 1 N–H and O–H groups in total. The largest absolute Gasteiger partial charge is 0.383 e. The Balaban J connectivity index is 3.35. The minimum Gasteiger partial charge on any atom is -0.383 e. The lowest BCUT2D eigenvalue weighted by Crippen LogP contribution is -2.13. The summed E-state index contributed by atoms with van der Waals surface area (Å²) >= 11 is 0. The number of aromatic amines is 1. The SMILES string of the molecule is CC(=O)c1c(C)cc(=O)[nH]c1C=CN(C)C. The minimum atomic E-state index is -0.194. The van der Waals surface area contributed by atoms with Crippen molar-refractivity contribution in [2.24, 2.45) is 0 Å². The molecule has 0 aliphatic carbocycles. The Bertz CT molecular complexity index is 484. The van der Waals surface area contributed by atoms with Crippen LogP contribution in [-0.4, -0.2) is 29.8 Å². The van der Waals surface area contributed by atoms with Gasteiger partial charge in [-0.3, -0.25) is 9.59 Å². The number of nitrogens with zero attached hydrogens (tertiary/aromatic N) is 1. The van der Waals surface area contributed by atoms with Crippen LogP contribution in [0.5, 0.6) is 0 Å². The van der Waals surface area contributed by atoms with Gasteiger partial charge < -0.3 is 9.88 Å². The maximum atomic E-state index is 11.5. The minimum absolute atomic E-state index is 0.0489. The molecule has 0 aliphatic heterocycles. The predicted octanol–water partition coefficient (Wildman–Crippen LogP) is 1.42. The van der Waals surface area contributed by atoms with Crippen LogP contribution in [0.15, 0.2) is 17.1 Å². The third kappa shape index (κ3) is 2.82. The lowest BCUT2D eigenvalue weighted by molar-refractivity contribution is 0.101. The van der Waals surface area contributed by atoms with Crippen LogP contribution in [0.25, 0.3) is 6.08 Å². The fourth-order valence-corrected chi connectivity index (χ4v) is 1.53. The molecule has 0 aromatic carbocycles. The number of carbonyl (C=O) groups excluding carboxylic acids is 1. The Labute approximate surface area is 94.6 Å². The van der Waals surface area contributed by atoms with E-state index in [4.69, 9.17) is 0 Å². The van der Waals surface area contributed by atoms with E-state index >= 15 is 0 Å². The lowest BCUT2D eigenvalue weighted by Gasteiger charge is -2.07. The van der Waals surface area contributed by atoms with Crippen molar-refractivity contribution in [1.29, 1.82) is 0 Å².